The highest BCUT2D eigenvalue weighted by molar-refractivity contribution is 7.13. The van der Waals surface area contributed by atoms with Crippen molar-refractivity contribution >= 4 is 28.6 Å². The highest BCUT2D eigenvalue weighted by Crippen LogP contribution is 2.28. The lowest BCUT2D eigenvalue weighted by molar-refractivity contribution is 0.102. The number of carbonyl (C=O) groups excluding carboxylic acids is 1. The fourth-order valence-corrected chi connectivity index (χ4v) is 3.76. The number of amides is 1. The summed E-state index contributed by atoms with van der Waals surface area (Å²) in [5, 5.41) is 6.63. The van der Waals surface area contributed by atoms with Crippen molar-refractivity contribution in [1.29, 1.82) is 0 Å². The van der Waals surface area contributed by atoms with Crippen molar-refractivity contribution in [2.45, 2.75) is 13.0 Å². The summed E-state index contributed by atoms with van der Waals surface area (Å²) in [4.78, 5) is 22.2. The number of anilines is 2. The summed E-state index contributed by atoms with van der Waals surface area (Å²) in [6.07, 6.45) is 4.39. The molecule has 1 amide bonds. The first-order valence-corrected chi connectivity index (χ1v) is 8.83. The van der Waals surface area contributed by atoms with E-state index in [0.717, 1.165) is 36.3 Å². The Morgan fingerprint density at radius 2 is 2.04 bits per heavy atom. The molecule has 126 valence electrons. The summed E-state index contributed by atoms with van der Waals surface area (Å²) in [6.45, 7) is 1.65. The predicted octanol–water partition coefficient (Wildman–Crippen LogP) is 2.69. The Bertz CT molecular complexity index is 899. The Balaban J connectivity index is 1.59. The molecule has 0 bridgehead atoms. The quantitative estimate of drug-likeness (QED) is 0.631. The molecule has 3 heterocycles. The van der Waals surface area contributed by atoms with E-state index in [0.29, 0.717) is 16.4 Å². The van der Waals surface area contributed by atoms with Gasteiger partial charge in [-0.15, -0.1) is 11.3 Å². The van der Waals surface area contributed by atoms with Crippen LogP contribution in [0.25, 0.3) is 11.1 Å². The number of benzene rings is 1. The molecule has 2 aromatic heterocycles. The van der Waals surface area contributed by atoms with E-state index in [1.165, 1.54) is 16.2 Å². The second-order valence-corrected chi connectivity index (χ2v) is 6.89. The number of pyridine rings is 1. The van der Waals surface area contributed by atoms with Crippen LogP contribution in [0.3, 0.4) is 0 Å². The van der Waals surface area contributed by atoms with Crippen molar-refractivity contribution in [2.75, 3.05) is 17.6 Å². The Kier molecular flexibility index (Phi) is 4.17. The van der Waals surface area contributed by atoms with Gasteiger partial charge in [0.1, 0.15) is 0 Å². The lowest BCUT2D eigenvalue weighted by Crippen LogP contribution is -2.22. The maximum atomic E-state index is 12.6. The van der Waals surface area contributed by atoms with Crippen molar-refractivity contribution in [3.8, 4) is 11.1 Å². The van der Waals surface area contributed by atoms with Gasteiger partial charge in [-0.05, 0) is 41.8 Å². The lowest BCUT2D eigenvalue weighted by Gasteiger charge is -2.09. The zero-order valence-corrected chi connectivity index (χ0v) is 14.3. The summed E-state index contributed by atoms with van der Waals surface area (Å²) in [5.41, 5.74) is 10.1. The minimum Gasteiger partial charge on any atom is -0.397 e. The molecule has 0 radical (unpaired) electrons. The molecular weight excluding hydrogens is 334 g/mol. The van der Waals surface area contributed by atoms with Crippen molar-refractivity contribution < 1.29 is 4.79 Å². The van der Waals surface area contributed by atoms with E-state index in [4.69, 9.17) is 5.73 Å². The standard InChI is InChI=1S/C18H17N5OS/c19-13-2-1-12(11-3-6-20-7-4-11)9-14(13)22-17(24)18-23-15-10-21-8-5-16(15)25-18/h1-4,6-7,9,21H,5,8,10,19H2,(H,22,24). The van der Waals surface area contributed by atoms with Crippen LogP contribution in [-0.2, 0) is 13.0 Å². The first-order chi connectivity index (χ1) is 12.2. The van der Waals surface area contributed by atoms with Crippen LogP contribution in [-0.4, -0.2) is 22.4 Å². The zero-order valence-electron chi connectivity index (χ0n) is 13.5. The lowest BCUT2D eigenvalue weighted by atomic mass is 10.1. The molecule has 0 aliphatic carbocycles. The van der Waals surface area contributed by atoms with Gasteiger partial charge in [0, 0.05) is 30.4 Å². The van der Waals surface area contributed by atoms with Gasteiger partial charge in [-0.25, -0.2) is 4.98 Å². The predicted molar refractivity (Wildman–Crippen MR) is 99.6 cm³/mol. The second-order valence-electron chi connectivity index (χ2n) is 5.81. The van der Waals surface area contributed by atoms with Gasteiger partial charge in [-0.2, -0.15) is 0 Å². The van der Waals surface area contributed by atoms with Crippen LogP contribution in [0.2, 0.25) is 0 Å². The molecule has 6 nitrogen and oxygen atoms in total. The van der Waals surface area contributed by atoms with E-state index in [1.54, 1.807) is 18.5 Å². The van der Waals surface area contributed by atoms with Crippen LogP contribution < -0.4 is 16.4 Å². The fourth-order valence-electron chi connectivity index (χ4n) is 2.79. The largest absolute Gasteiger partial charge is 0.397 e. The Hall–Kier alpha value is -2.77. The number of nitrogens with zero attached hydrogens (tertiary/aromatic N) is 2. The van der Waals surface area contributed by atoms with E-state index >= 15 is 0 Å². The maximum absolute atomic E-state index is 12.6. The summed E-state index contributed by atoms with van der Waals surface area (Å²) >= 11 is 1.46. The zero-order chi connectivity index (χ0) is 17.2. The third kappa shape index (κ3) is 3.24. The number of nitrogens with two attached hydrogens (primary N) is 1. The van der Waals surface area contributed by atoms with E-state index in [1.807, 2.05) is 24.3 Å². The average Bonchev–Trinajstić information content (AvgIpc) is 3.08. The van der Waals surface area contributed by atoms with E-state index in [9.17, 15) is 4.79 Å². The first kappa shape index (κ1) is 15.7. The van der Waals surface area contributed by atoms with Crippen LogP contribution in [0.15, 0.2) is 42.7 Å². The number of nitrogen functional groups attached to an aromatic ring is 1. The average molecular weight is 351 g/mol. The van der Waals surface area contributed by atoms with Gasteiger partial charge in [0.25, 0.3) is 5.91 Å². The molecule has 0 unspecified atom stereocenters. The Morgan fingerprint density at radius 3 is 2.84 bits per heavy atom. The van der Waals surface area contributed by atoms with Crippen molar-refractivity contribution in [1.82, 2.24) is 15.3 Å². The third-order valence-corrected chi connectivity index (χ3v) is 5.27. The highest BCUT2D eigenvalue weighted by Gasteiger charge is 2.19. The maximum Gasteiger partial charge on any atom is 0.284 e. The smallest absolute Gasteiger partial charge is 0.284 e. The van der Waals surface area contributed by atoms with Crippen LogP contribution >= 0.6 is 11.3 Å². The summed E-state index contributed by atoms with van der Waals surface area (Å²) in [7, 11) is 0. The van der Waals surface area contributed by atoms with Gasteiger partial charge in [-0.1, -0.05) is 6.07 Å². The van der Waals surface area contributed by atoms with Gasteiger partial charge in [0.15, 0.2) is 5.01 Å². The third-order valence-electron chi connectivity index (χ3n) is 4.11. The molecule has 1 aromatic carbocycles. The number of fused-ring (bicyclic) bond motifs is 1. The molecule has 3 aromatic rings. The van der Waals surface area contributed by atoms with Gasteiger partial charge in [-0.3, -0.25) is 9.78 Å². The molecule has 7 heteroatoms. The second kappa shape index (κ2) is 6.62. The van der Waals surface area contributed by atoms with Gasteiger partial charge < -0.3 is 16.4 Å². The Labute approximate surface area is 149 Å². The first-order valence-electron chi connectivity index (χ1n) is 8.01. The summed E-state index contributed by atoms with van der Waals surface area (Å²) in [6, 6.07) is 9.42. The van der Waals surface area contributed by atoms with E-state index in [2.05, 4.69) is 20.6 Å². The van der Waals surface area contributed by atoms with Crippen LogP contribution in [0.1, 0.15) is 20.4 Å². The molecule has 1 aliphatic rings. The number of rotatable bonds is 3. The molecule has 25 heavy (non-hydrogen) atoms. The van der Waals surface area contributed by atoms with Crippen LogP contribution in [0.5, 0.6) is 0 Å². The summed E-state index contributed by atoms with van der Waals surface area (Å²) < 4.78 is 0. The SMILES string of the molecule is Nc1ccc(-c2ccncc2)cc1NC(=O)c1nc2c(s1)CCNC2. The Morgan fingerprint density at radius 1 is 1.20 bits per heavy atom. The van der Waals surface area contributed by atoms with Crippen molar-refractivity contribution in [3.63, 3.8) is 0 Å². The van der Waals surface area contributed by atoms with Crippen molar-refractivity contribution in [3.05, 3.63) is 58.3 Å². The fraction of sp³-hybridized carbons (Fsp3) is 0.167. The van der Waals surface area contributed by atoms with Crippen molar-refractivity contribution in [2.24, 2.45) is 0 Å². The molecule has 0 atom stereocenters. The number of carbonyl (C=O) groups is 1. The van der Waals surface area contributed by atoms with Gasteiger partial charge in [0.2, 0.25) is 0 Å². The number of nitrogens with one attached hydrogen (secondary N) is 2. The molecule has 4 N–H and O–H groups in total. The molecule has 4 rings (SSSR count). The molecular formula is C18H17N5OS. The minimum absolute atomic E-state index is 0.224. The molecule has 0 saturated heterocycles. The number of thiazole rings is 1. The number of aromatic nitrogens is 2. The normalized spacial score (nSPS) is 13.3. The molecule has 1 aliphatic heterocycles. The van der Waals surface area contributed by atoms with Crippen LogP contribution in [0.4, 0.5) is 11.4 Å². The minimum atomic E-state index is -0.224. The summed E-state index contributed by atoms with van der Waals surface area (Å²) in [5.74, 6) is -0.224. The monoisotopic (exact) mass is 351 g/mol. The van der Waals surface area contributed by atoms with E-state index in [-0.39, 0.29) is 5.91 Å². The number of hydrogen-bond acceptors (Lipinski definition) is 6. The number of hydrogen-bond donors (Lipinski definition) is 3. The van der Waals surface area contributed by atoms with Gasteiger partial charge >= 0.3 is 0 Å². The van der Waals surface area contributed by atoms with Crippen LogP contribution in [0, 0.1) is 0 Å². The molecule has 0 fully saturated rings. The topological polar surface area (TPSA) is 92.9 Å². The molecule has 0 saturated carbocycles. The van der Waals surface area contributed by atoms with Gasteiger partial charge in [0.05, 0.1) is 17.1 Å². The molecule has 0 spiro atoms. The van der Waals surface area contributed by atoms with E-state index < -0.39 is 0 Å². The highest BCUT2D eigenvalue weighted by atomic mass is 32.1.